The third-order valence-corrected chi connectivity index (χ3v) is 6.75. The van der Waals surface area contributed by atoms with Crippen molar-refractivity contribution in [3.8, 4) is 0 Å². The smallest absolute Gasteiger partial charge is 0.0246 e. The molecule has 0 aromatic rings. The molecule has 2 heteroatoms. The number of nitrogens with two attached hydrogens (primary N) is 1. The van der Waals surface area contributed by atoms with Crippen LogP contribution in [0, 0.1) is 17.3 Å². The highest BCUT2D eigenvalue weighted by molar-refractivity contribution is 4.93. The highest BCUT2D eigenvalue weighted by Crippen LogP contribution is 2.47. The molecule has 3 fully saturated rings. The molecule has 0 bridgehead atoms. The van der Waals surface area contributed by atoms with Gasteiger partial charge in [0.05, 0.1) is 0 Å². The zero-order valence-electron chi connectivity index (χ0n) is 13.4. The van der Waals surface area contributed by atoms with Gasteiger partial charge in [-0.1, -0.05) is 32.6 Å². The zero-order chi connectivity index (χ0) is 14.0. The maximum Gasteiger partial charge on any atom is 0.0246 e. The van der Waals surface area contributed by atoms with Crippen LogP contribution in [-0.4, -0.2) is 30.6 Å². The molecule has 2 aliphatic carbocycles. The van der Waals surface area contributed by atoms with Gasteiger partial charge >= 0.3 is 0 Å². The van der Waals surface area contributed by atoms with Crippen molar-refractivity contribution in [2.24, 2.45) is 23.0 Å². The molecule has 0 aromatic heterocycles. The highest BCUT2D eigenvalue weighted by Gasteiger charge is 2.39. The van der Waals surface area contributed by atoms with E-state index in [-0.39, 0.29) is 0 Å². The van der Waals surface area contributed by atoms with Crippen molar-refractivity contribution in [1.82, 2.24) is 4.90 Å². The monoisotopic (exact) mass is 278 g/mol. The molecular weight excluding hydrogens is 244 g/mol. The minimum Gasteiger partial charge on any atom is -0.329 e. The Morgan fingerprint density at radius 2 is 1.75 bits per heavy atom. The summed E-state index contributed by atoms with van der Waals surface area (Å²) in [6.45, 7) is 5.97. The Bertz CT molecular complexity index is 299. The molecule has 3 aliphatic rings. The molecule has 2 saturated carbocycles. The SMILES string of the molecule is CC1CCCC(C(CN)N2CCC3(CCCC3)CC2)C1. The van der Waals surface area contributed by atoms with E-state index in [2.05, 4.69) is 11.8 Å². The van der Waals surface area contributed by atoms with E-state index in [9.17, 15) is 0 Å². The molecule has 3 atom stereocenters. The summed E-state index contributed by atoms with van der Waals surface area (Å²) in [6.07, 6.45) is 14.6. The quantitative estimate of drug-likeness (QED) is 0.851. The van der Waals surface area contributed by atoms with Gasteiger partial charge in [0.25, 0.3) is 0 Å². The summed E-state index contributed by atoms with van der Waals surface area (Å²) in [5.74, 6) is 1.80. The van der Waals surface area contributed by atoms with Gasteiger partial charge in [0.15, 0.2) is 0 Å². The predicted octanol–water partition coefficient (Wildman–Crippen LogP) is 3.80. The first-order chi connectivity index (χ1) is 9.72. The van der Waals surface area contributed by atoms with Crippen LogP contribution in [0.15, 0.2) is 0 Å². The molecule has 1 heterocycles. The van der Waals surface area contributed by atoms with Gasteiger partial charge in [-0.3, -0.25) is 4.90 Å². The van der Waals surface area contributed by atoms with Crippen LogP contribution in [0.4, 0.5) is 0 Å². The number of hydrogen-bond donors (Lipinski definition) is 1. The number of nitrogens with zero attached hydrogens (tertiary/aromatic N) is 1. The zero-order valence-corrected chi connectivity index (χ0v) is 13.4. The number of hydrogen-bond acceptors (Lipinski definition) is 2. The first kappa shape index (κ1) is 14.8. The standard InChI is InChI=1S/C18H34N2/c1-15-5-4-6-16(13-15)17(14-19)20-11-9-18(10-12-20)7-2-3-8-18/h15-17H,2-14,19H2,1H3. The van der Waals surface area contributed by atoms with E-state index in [1.807, 2.05) is 0 Å². The lowest BCUT2D eigenvalue weighted by molar-refractivity contribution is 0.0416. The van der Waals surface area contributed by atoms with Gasteiger partial charge in [0.1, 0.15) is 0 Å². The van der Waals surface area contributed by atoms with Crippen molar-refractivity contribution in [2.45, 2.75) is 77.2 Å². The molecule has 0 radical (unpaired) electrons. The third-order valence-electron chi connectivity index (χ3n) is 6.75. The molecule has 2 N–H and O–H groups in total. The van der Waals surface area contributed by atoms with E-state index in [0.29, 0.717) is 6.04 Å². The Balaban J connectivity index is 1.57. The molecule has 3 unspecified atom stereocenters. The Labute approximate surface area is 125 Å². The van der Waals surface area contributed by atoms with Crippen molar-refractivity contribution in [3.63, 3.8) is 0 Å². The fourth-order valence-corrected chi connectivity index (χ4v) is 5.43. The molecule has 116 valence electrons. The second-order valence-electron chi connectivity index (χ2n) is 8.08. The fourth-order valence-electron chi connectivity index (χ4n) is 5.43. The number of rotatable bonds is 3. The molecule has 2 nitrogen and oxygen atoms in total. The Hall–Kier alpha value is -0.0800. The van der Waals surface area contributed by atoms with Crippen molar-refractivity contribution >= 4 is 0 Å². The number of piperidine rings is 1. The molecular formula is C18H34N2. The molecule has 20 heavy (non-hydrogen) atoms. The lowest BCUT2D eigenvalue weighted by Crippen LogP contribution is -2.51. The maximum absolute atomic E-state index is 6.18. The first-order valence-electron chi connectivity index (χ1n) is 9.17. The Kier molecular flexibility index (Phi) is 4.72. The average molecular weight is 278 g/mol. The molecule has 3 rings (SSSR count). The summed E-state index contributed by atoms with van der Waals surface area (Å²) >= 11 is 0. The van der Waals surface area contributed by atoms with Gasteiger partial charge in [0.2, 0.25) is 0 Å². The van der Waals surface area contributed by atoms with Crippen molar-refractivity contribution in [1.29, 1.82) is 0 Å². The summed E-state index contributed by atoms with van der Waals surface area (Å²) in [4.78, 5) is 2.77. The van der Waals surface area contributed by atoms with Gasteiger partial charge in [-0.05, 0) is 68.9 Å². The summed E-state index contributed by atoms with van der Waals surface area (Å²) in [5, 5.41) is 0. The number of likely N-dealkylation sites (tertiary alicyclic amines) is 1. The fraction of sp³-hybridized carbons (Fsp3) is 1.00. The predicted molar refractivity (Wildman–Crippen MR) is 85.7 cm³/mol. The van der Waals surface area contributed by atoms with E-state index in [4.69, 9.17) is 5.73 Å². The molecule has 1 spiro atoms. The van der Waals surface area contributed by atoms with Crippen LogP contribution >= 0.6 is 0 Å². The van der Waals surface area contributed by atoms with Gasteiger partial charge in [-0.25, -0.2) is 0 Å². The lowest BCUT2D eigenvalue weighted by Gasteiger charge is -2.46. The molecule has 1 aliphatic heterocycles. The van der Waals surface area contributed by atoms with Gasteiger partial charge in [-0.15, -0.1) is 0 Å². The van der Waals surface area contributed by atoms with Crippen LogP contribution in [0.5, 0.6) is 0 Å². The maximum atomic E-state index is 6.18. The molecule has 1 saturated heterocycles. The summed E-state index contributed by atoms with van der Waals surface area (Å²) in [7, 11) is 0. The van der Waals surface area contributed by atoms with Crippen LogP contribution in [0.1, 0.15) is 71.1 Å². The lowest BCUT2D eigenvalue weighted by atomic mass is 9.74. The van der Waals surface area contributed by atoms with E-state index < -0.39 is 0 Å². The first-order valence-corrected chi connectivity index (χ1v) is 9.17. The molecule has 0 aromatic carbocycles. The summed E-state index contributed by atoms with van der Waals surface area (Å²) < 4.78 is 0. The van der Waals surface area contributed by atoms with Crippen LogP contribution in [0.2, 0.25) is 0 Å². The van der Waals surface area contributed by atoms with E-state index >= 15 is 0 Å². The van der Waals surface area contributed by atoms with E-state index in [0.717, 1.165) is 23.8 Å². The highest BCUT2D eigenvalue weighted by atomic mass is 15.2. The topological polar surface area (TPSA) is 29.3 Å². The van der Waals surface area contributed by atoms with Gasteiger partial charge < -0.3 is 5.73 Å². The van der Waals surface area contributed by atoms with Crippen molar-refractivity contribution < 1.29 is 0 Å². The van der Waals surface area contributed by atoms with E-state index in [1.165, 1.54) is 77.3 Å². The van der Waals surface area contributed by atoms with Crippen LogP contribution in [0.3, 0.4) is 0 Å². The van der Waals surface area contributed by atoms with Crippen LogP contribution in [-0.2, 0) is 0 Å². The Morgan fingerprint density at radius 1 is 1.05 bits per heavy atom. The van der Waals surface area contributed by atoms with E-state index in [1.54, 1.807) is 0 Å². The van der Waals surface area contributed by atoms with Crippen molar-refractivity contribution in [2.75, 3.05) is 19.6 Å². The normalized spacial score (nSPS) is 36.3. The molecule has 0 amide bonds. The second kappa shape index (κ2) is 6.36. The summed E-state index contributed by atoms with van der Waals surface area (Å²) in [5.41, 5.74) is 6.93. The summed E-state index contributed by atoms with van der Waals surface area (Å²) in [6, 6.07) is 0.677. The largest absolute Gasteiger partial charge is 0.329 e. The van der Waals surface area contributed by atoms with Crippen LogP contribution in [0.25, 0.3) is 0 Å². The minimum atomic E-state index is 0.677. The van der Waals surface area contributed by atoms with Crippen LogP contribution < -0.4 is 5.73 Å². The van der Waals surface area contributed by atoms with Gasteiger partial charge in [-0.2, -0.15) is 0 Å². The average Bonchev–Trinajstić information content (AvgIpc) is 2.91. The second-order valence-corrected chi connectivity index (χ2v) is 8.08. The van der Waals surface area contributed by atoms with Gasteiger partial charge in [0, 0.05) is 12.6 Å². The van der Waals surface area contributed by atoms with Crippen molar-refractivity contribution in [3.05, 3.63) is 0 Å². The Morgan fingerprint density at radius 3 is 2.35 bits per heavy atom. The third kappa shape index (κ3) is 3.06. The minimum absolute atomic E-state index is 0.677.